The molecule has 11 heteroatoms. The van der Waals surface area contributed by atoms with Crippen molar-refractivity contribution in [2.24, 2.45) is 0 Å². The average Bonchev–Trinajstić information content (AvgIpc) is 3.34. The molecule has 1 aromatic heterocycles. The standard InChI is InChI=1S/C33H30F3N5O3/c1-5-40-31-26(20(4)39-41(31)25-15-7-6-8-16-25)27(21-11-10-14-24(18-21)37-29(42)19(2)3)28(32(40)44)38-30(43)22-12-9-13-23(17-22)33(34,35)36/h6-18,27-28H,2,5H2,1,3-4H3,(H,37,42)(H,38,43)/t27-,28+/m0/s1. The molecule has 1 aliphatic rings. The molecule has 2 heterocycles. The second-order valence-corrected chi connectivity index (χ2v) is 10.5. The Morgan fingerprint density at radius 3 is 2.36 bits per heavy atom. The number of hydrogen-bond acceptors (Lipinski definition) is 4. The molecule has 0 spiro atoms. The largest absolute Gasteiger partial charge is 0.416 e. The van der Waals surface area contributed by atoms with Crippen molar-refractivity contribution in [1.29, 1.82) is 0 Å². The Hall–Kier alpha value is -5.19. The fourth-order valence-electron chi connectivity index (χ4n) is 5.40. The second-order valence-electron chi connectivity index (χ2n) is 10.5. The first-order chi connectivity index (χ1) is 20.9. The third kappa shape index (κ3) is 5.72. The summed E-state index contributed by atoms with van der Waals surface area (Å²) in [5.74, 6) is -1.96. The lowest BCUT2D eigenvalue weighted by molar-refractivity contribution is -0.137. The van der Waals surface area contributed by atoms with Gasteiger partial charge in [0.15, 0.2) is 0 Å². The van der Waals surface area contributed by atoms with E-state index in [9.17, 15) is 27.6 Å². The molecule has 0 bridgehead atoms. The summed E-state index contributed by atoms with van der Waals surface area (Å²) in [6.45, 7) is 9.07. The molecule has 44 heavy (non-hydrogen) atoms. The van der Waals surface area contributed by atoms with E-state index >= 15 is 0 Å². The molecule has 0 aliphatic carbocycles. The number of carbonyl (C=O) groups excluding carboxylic acids is 3. The van der Waals surface area contributed by atoms with E-state index in [2.05, 4.69) is 17.2 Å². The van der Waals surface area contributed by atoms with Crippen molar-refractivity contribution in [2.45, 2.75) is 38.9 Å². The molecule has 0 unspecified atom stereocenters. The molecule has 2 N–H and O–H groups in total. The Bertz CT molecular complexity index is 1760. The molecule has 0 saturated carbocycles. The normalized spacial score (nSPS) is 16.3. The van der Waals surface area contributed by atoms with Crippen LogP contribution in [0.4, 0.5) is 24.7 Å². The molecule has 3 amide bonds. The summed E-state index contributed by atoms with van der Waals surface area (Å²) in [4.78, 5) is 41.6. The highest BCUT2D eigenvalue weighted by Gasteiger charge is 2.45. The van der Waals surface area contributed by atoms with Crippen molar-refractivity contribution in [3.63, 3.8) is 0 Å². The van der Waals surface area contributed by atoms with Crippen molar-refractivity contribution in [1.82, 2.24) is 15.1 Å². The van der Waals surface area contributed by atoms with Gasteiger partial charge in [-0.1, -0.05) is 43.0 Å². The quantitative estimate of drug-likeness (QED) is 0.254. The number of aryl methyl sites for hydroxylation is 1. The van der Waals surface area contributed by atoms with Gasteiger partial charge in [-0.15, -0.1) is 0 Å². The van der Waals surface area contributed by atoms with Crippen LogP contribution in [0.3, 0.4) is 0 Å². The monoisotopic (exact) mass is 601 g/mol. The van der Waals surface area contributed by atoms with E-state index in [1.54, 1.807) is 49.7 Å². The first-order valence-corrected chi connectivity index (χ1v) is 13.9. The van der Waals surface area contributed by atoms with E-state index in [1.165, 1.54) is 11.0 Å². The van der Waals surface area contributed by atoms with Gasteiger partial charge < -0.3 is 10.6 Å². The average molecular weight is 602 g/mol. The minimum atomic E-state index is -4.65. The summed E-state index contributed by atoms with van der Waals surface area (Å²) in [6.07, 6.45) is -4.65. The number of carbonyl (C=O) groups is 3. The number of benzene rings is 3. The summed E-state index contributed by atoms with van der Waals surface area (Å²) in [6, 6.07) is 19.0. The smallest absolute Gasteiger partial charge is 0.339 e. The van der Waals surface area contributed by atoms with Crippen molar-refractivity contribution >= 4 is 29.2 Å². The van der Waals surface area contributed by atoms with Crippen molar-refractivity contribution in [2.75, 3.05) is 16.8 Å². The third-order valence-electron chi connectivity index (χ3n) is 7.46. The predicted molar refractivity (Wildman–Crippen MR) is 161 cm³/mol. The van der Waals surface area contributed by atoms with E-state index in [0.29, 0.717) is 33.9 Å². The number of nitrogens with zero attached hydrogens (tertiary/aromatic N) is 3. The lowest BCUT2D eigenvalue weighted by Gasteiger charge is -2.38. The van der Waals surface area contributed by atoms with Crippen LogP contribution in [0.15, 0.2) is 91.0 Å². The second kappa shape index (κ2) is 11.8. The van der Waals surface area contributed by atoms with Gasteiger partial charge in [0.2, 0.25) is 0 Å². The Kier molecular flexibility index (Phi) is 8.14. The highest BCUT2D eigenvalue weighted by atomic mass is 19.4. The minimum Gasteiger partial charge on any atom is -0.339 e. The van der Waals surface area contributed by atoms with Gasteiger partial charge in [0.05, 0.1) is 16.9 Å². The van der Waals surface area contributed by atoms with Crippen LogP contribution in [-0.2, 0) is 15.8 Å². The fraction of sp³-hybridized carbons (Fsp3) is 0.212. The van der Waals surface area contributed by atoms with Gasteiger partial charge in [-0.3, -0.25) is 19.3 Å². The van der Waals surface area contributed by atoms with Gasteiger partial charge in [0, 0.05) is 34.9 Å². The van der Waals surface area contributed by atoms with Crippen molar-refractivity contribution < 1.29 is 27.6 Å². The highest BCUT2D eigenvalue weighted by Crippen LogP contribution is 2.44. The molecule has 1 aliphatic heterocycles. The van der Waals surface area contributed by atoms with Gasteiger partial charge >= 0.3 is 6.18 Å². The Balaban J connectivity index is 1.66. The van der Waals surface area contributed by atoms with Crippen LogP contribution in [0.2, 0.25) is 0 Å². The van der Waals surface area contributed by atoms with Crippen LogP contribution < -0.4 is 15.5 Å². The van der Waals surface area contributed by atoms with Crippen LogP contribution >= 0.6 is 0 Å². The number of nitrogens with one attached hydrogen (secondary N) is 2. The summed E-state index contributed by atoms with van der Waals surface area (Å²) >= 11 is 0. The third-order valence-corrected chi connectivity index (χ3v) is 7.46. The molecule has 4 aromatic rings. The number of rotatable bonds is 7. The minimum absolute atomic E-state index is 0.237. The SMILES string of the molecule is C=C(C)C(=O)Nc1cccc([C@H]2c3c(C)nn(-c4ccccc4)c3N(CC)C(=O)[C@@H]2NC(=O)c2cccc(C(F)(F)F)c2)c1. The van der Waals surface area contributed by atoms with Gasteiger partial charge in [0.25, 0.3) is 17.7 Å². The molecule has 8 nitrogen and oxygen atoms in total. The lowest BCUT2D eigenvalue weighted by Crippen LogP contribution is -2.55. The van der Waals surface area contributed by atoms with Crippen LogP contribution in [0.1, 0.15) is 52.5 Å². The molecule has 0 radical (unpaired) electrons. The van der Waals surface area contributed by atoms with Gasteiger partial charge in [0.1, 0.15) is 11.9 Å². The number of aromatic nitrogens is 2. The number of para-hydroxylation sites is 1. The van der Waals surface area contributed by atoms with E-state index < -0.39 is 35.5 Å². The molecule has 2 atom stereocenters. The maximum absolute atomic E-state index is 14.2. The van der Waals surface area contributed by atoms with E-state index in [0.717, 1.165) is 23.9 Å². The molecule has 5 rings (SSSR count). The van der Waals surface area contributed by atoms with Crippen molar-refractivity contribution in [3.05, 3.63) is 119 Å². The van der Waals surface area contributed by atoms with Gasteiger partial charge in [-0.05, 0) is 68.8 Å². The van der Waals surface area contributed by atoms with Crippen LogP contribution in [0.25, 0.3) is 5.69 Å². The van der Waals surface area contributed by atoms with E-state index in [4.69, 9.17) is 5.10 Å². The zero-order valence-corrected chi connectivity index (χ0v) is 24.3. The summed E-state index contributed by atoms with van der Waals surface area (Å²) < 4.78 is 42.0. The Labute approximate surface area is 252 Å². The van der Waals surface area contributed by atoms with Gasteiger partial charge in [-0.25, -0.2) is 4.68 Å². The molecular formula is C33H30F3N5O3. The summed E-state index contributed by atoms with van der Waals surface area (Å²) in [5, 5.41) is 10.3. The maximum Gasteiger partial charge on any atom is 0.416 e. The summed E-state index contributed by atoms with van der Waals surface area (Å²) in [5.41, 5.74) is 2.08. The number of likely N-dealkylation sites (N-methyl/N-ethyl adjacent to an activating group) is 1. The fourth-order valence-corrected chi connectivity index (χ4v) is 5.40. The molecule has 0 saturated heterocycles. The first kappa shape index (κ1) is 30.3. The highest BCUT2D eigenvalue weighted by molar-refractivity contribution is 6.06. The van der Waals surface area contributed by atoms with Crippen LogP contribution in [0.5, 0.6) is 0 Å². The summed E-state index contributed by atoms with van der Waals surface area (Å²) in [7, 11) is 0. The van der Waals surface area contributed by atoms with Crippen LogP contribution in [0, 0.1) is 6.92 Å². The Morgan fingerprint density at radius 2 is 1.70 bits per heavy atom. The first-order valence-electron chi connectivity index (χ1n) is 13.9. The molecule has 226 valence electrons. The predicted octanol–water partition coefficient (Wildman–Crippen LogP) is 6.01. The zero-order valence-electron chi connectivity index (χ0n) is 24.3. The Morgan fingerprint density at radius 1 is 1.00 bits per heavy atom. The zero-order chi connectivity index (χ0) is 31.8. The number of fused-ring (bicyclic) bond motifs is 1. The van der Waals surface area contributed by atoms with E-state index in [1.807, 2.05) is 30.3 Å². The number of alkyl halides is 3. The number of amides is 3. The molecule has 0 fully saturated rings. The lowest BCUT2D eigenvalue weighted by atomic mass is 9.81. The molecule has 3 aromatic carbocycles. The van der Waals surface area contributed by atoms with Gasteiger partial charge in [-0.2, -0.15) is 18.3 Å². The topological polar surface area (TPSA) is 96.3 Å². The number of anilines is 2. The number of halogens is 3. The molecular weight excluding hydrogens is 571 g/mol. The van der Waals surface area contributed by atoms with E-state index in [-0.39, 0.29) is 18.0 Å². The maximum atomic E-state index is 14.2. The van der Waals surface area contributed by atoms with Crippen molar-refractivity contribution in [3.8, 4) is 5.69 Å². The van der Waals surface area contributed by atoms with Crippen LogP contribution in [-0.4, -0.2) is 40.1 Å². The number of hydrogen-bond donors (Lipinski definition) is 2.